The zero-order valence-electron chi connectivity index (χ0n) is 11.2. The Bertz CT molecular complexity index is 750. The van der Waals surface area contributed by atoms with Gasteiger partial charge in [-0.2, -0.15) is 5.10 Å². The van der Waals surface area contributed by atoms with E-state index in [1.54, 1.807) is 6.21 Å². The van der Waals surface area contributed by atoms with Crippen LogP contribution in [-0.2, 0) is 0 Å². The fraction of sp³-hybridized carbons (Fsp3) is 0. The second-order valence-corrected chi connectivity index (χ2v) is 4.83. The molecule has 0 atom stereocenters. The van der Waals surface area contributed by atoms with E-state index in [1.165, 1.54) is 0 Å². The number of rotatable bonds is 4. The molecule has 21 heavy (non-hydrogen) atoms. The molecular formula is C17H13ClN2O. The van der Waals surface area contributed by atoms with E-state index >= 15 is 0 Å². The average molecular weight is 297 g/mol. The van der Waals surface area contributed by atoms with Crippen LogP contribution in [0.2, 0.25) is 5.02 Å². The largest absolute Gasteiger partial charge is 0.455 e. The fourth-order valence-electron chi connectivity index (χ4n) is 1.91. The predicted molar refractivity (Wildman–Crippen MR) is 86.8 cm³/mol. The lowest BCUT2D eigenvalue weighted by Gasteiger charge is -1.99. The van der Waals surface area contributed by atoms with Gasteiger partial charge in [0, 0.05) is 5.56 Å². The van der Waals surface area contributed by atoms with E-state index < -0.39 is 0 Å². The molecular weight excluding hydrogens is 284 g/mol. The number of benzene rings is 2. The monoisotopic (exact) mass is 296 g/mol. The SMILES string of the molecule is Clc1ccccc1-c1ccc(C=NNc2ccccc2)o1. The van der Waals surface area contributed by atoms with Crippen molar-refractivity contribution in [2.45, 2.75) is 0 Å². The normalized spacial score (nSPS) is 10.9. The molecule has 4 heteroatoms. The maximum atomic E-state index is 6.15. The summed E-state index contributed by atoms with van der Waals surface area (Å²) in [5, 5.41) is 4.80. The van der Waals surface area contributed by atoms with Gasteiger partial charge in [0.15, 0.2) is 0 Å². The van der Waals surface area contributed by atoms with Crippen LogP contribution in [0.3, 0.4) is 0 Å². The first-order chi connectivity index (χ1) is 10.3. The Morgan fingerprint density at radius 2 is 1.67 bits per heavy atom. The molecule has 0 saturated heterocycles. The van der Waals surface area contributed by atoms with Gasteiger partial charge in [0.25, 0.3) is 0 Å². The van der Waals surface area contributed by atoms with Crippen LogP contribution in [0.1, 0.15) is 5.76 Å². The van der Waals surface area contributed by atoms with Crippen LogP contribution in [0.15, 0.2) is 76.2 Å². The lowest BCUT2D eigenvalue weighted by molar-refractivity contribution is 0.575. The Hall–Kier alpha value is -2.52. The van der Waals surface area contributed by atoms with Crippen molar-refractivity contribution in [3.63, 3.8) is 0 Å². The number of furan rings is 1. The minimum atomic E-state index is 0.661. The molecule has 0 spiro atoms. The highest BCUT2D eigenvalue weighted by atomic mass is 35.5. The summed E-state index contributed by atoms with van der Waals surface area (Å²) in [5.41, 5.74) is 4.73. The second-order valence-electron chi connectivity index (χ2n) is 4.42. The number of hydrogen-bond acceptors (Lipinski definition) is 3. The second kappa shape index (κ2) is 6.29. The van der Waals surface area contributed by atoms with Gasteiger partial charge in [-0.15, -0.1) is 0 Å². The molecule has 1 aromatic heterocycles. The van der Waals surface area contributed by atoms with Crippen LogP contribution >= 0.6 is 11.6 Å². The zero-order chi connectivity index (χ0) is 14.5. The van der Waals surface area contributed by atoms with Crippen LogP contribution < -0.4 is 5.43 Å². The van der Waals surface area contributed by atoms with Gasteiger partial charge in [-0.1, -0.05) is 41.9 Å². The Morgan fingerprint density at radius 1 is 0.905 bits per heavy atom. The van der Waals surface area contributed by atoms with Crippen LogP contribution in [0.5, 0.6) is 0 Å². The van der Waals surface area contributed by atoms with Gasteiger partial charge in [0.2, 0.25) is 0 Å². The highest BCUT2D eigenvalue weighted by Crippen LogP contribution is 2.28. The van der Waals surface area contributed by atoms with Crippen molar-refractivity contribution in [2.75, 3.05) is 5.43 Å². The number of hydrogen-bond donors (Lipinski definition) is 1. The number of nitrogens with zero attached hydrogens (tertiary/aromatic N) is 1. The third kappa shape index (κ3) is 3.33. The molecule has 0 fully saturated rings. The first-order valence-electron chi connectivity index (χ1n) is 6.52. The van der Waals surface area contributed by atoms with Crippen molar-refractivity contribution in [2.24, 2.45) is 5.10 Å². The Labute approximate surface area is 127 Å². The van der Waals surface area contributed by atoms with Crippen LogP contribution in [0.25, 0.3) is 11.3 Å². The van der Waals surface area contributed by atoms with Gasteiger partial charge in [0.1, 0.15) is 11.5 Å². The first-order valence-corrected chi connectivity index (χ1v) is 6.89. The molecule has 0 aliphatic rings. The molecule has 0 unspecified atom stereocenters. The molecule has 0 saturated carbocycles. The highest BCUT2D eigenvalue weighted by molar-refractivity contribution is 6.33. The standard InChI is InChI=1S/C17H13ClN2O/c18-16-9-5-4-8-15(16)17-11-10-14(21-17)12-19-20-13-6-2-1-3-7-13/h1-12,20H. The molecule has 0 radical (unpaired) electrons. The minimum absolute atomic E-state index is 0.661. The van der Waals surface area contributed by atoms with Gasteiger partial charge in [-0.25, -0.2) is 0 Å². The average Bonchev–Trinajstić information content (AvgIpc) is 2.97. The molecule has 0 aliphatic heterocycles. The first kappa shape index (κ1) is 13.5. The highest BCUT2D eigenvalue weighted by Gasteiger charge is 2.06. The number of hydrazone groups is 1. The summed E-state index contributed by atoms with van der Waals surface area (Å²) in [6, 6.07) is 21.0. The lowest BCUT2D eigenvalue weighted by atomic mass is 10.2. The summed E-state index contributed by atoms with van der Waals surface area (Å²) < 4.78 is 5.71. The number of nitrogens with one attached hydrogen (secondary N) is 1. The van der Waals surface area contributed by atoms with E-state index in [1.807, 2.05) is 66.7 Å². The summed E-state index contributed by atoms with van der Waals surface area (Å²) in [4.78, 5) is 0. The van der Waals surface area contributed by atoms with Crippen molar-refractivity contribution >= 4 is 23.5 Å². The van der Waals surface area contributed by atoms with Gasteiger partial charge in [-0.3, -0.25) is 5.43 Å². The van der Waals surface area contributed by atoms with Gasteiger partial charge in [0.05, 0.1) is 16.9 Å². The van der Waals surface area contributed by atoms with Crippen LogP contribution in [0.4, 0.5) is 5.69 Å². The van der Waals surface area contributed by atoms with E-state index in [0.29, 0.717) is 10.8 Å². The van der Waals surface area contributed by atoms with E-state index in [2.05, 4.69) is 10.5 Å². The Morgan fingerprint density at radius 3 is 2.48 bits per heavy atom. The summed E-state index contributed by atoms with van der Waals surface area (Å²) in [6.07, 6.45) is 1.63. The van der Waals surface area contributed by atoms with Crippen molar-refractivity contribution in [1.29, 1.82) is 0 Å². The molecule has 3 nitrogen and oxygen atoms in total. The third-order valence-corrected chi connectivity index (χ3v) is 3.25. The molecule has 0 aliphatic carbocycles. The zero-order valence-corrected chi connectivity index (χ0v) is 11.9. The molecule has 1 heterocycles. The topological polar surface area (TPSA) is 37.5 Å². The van der Waals surface area contributed by atoms with Gasteiger partial charge < -0.3 is 4.42 Å². The summed E-state index contributed by atoms with van der Waals surface area (Å²) >= 11 is 6.15. The summed E-state index contributed by atoms with van der Waals surface area (Å²) in [6.45, 7) is 0. The number of para-hydroxylation sites is 1. The molecule has 3 rings (SSSR count). The van der Waals surface area contributed by atoms with Crippen LogP contribution in [-0.4, -0.2) is 6.21 Å². The number of anilines is 1. The van der Waals surface area contributed by atoms with Crippen molar-refractivity contribution < 1.29 is 4.42 Å². The van der Waals surface area contributed by atoms with E-state index in [9.17, 15) is 0 Å². The van der Waals surface area contributed by atoms with Crippen molar-refractivity contribution in [1.82, 2.24) is 0 Å². The maximum absolute atomic E-state index is 6.15. The van der Waals surface area contributed by atoms with E-state index in [0.717, 1.165) is 17.0 Å². The molecule has 1 N–H and O–H groups in total. The molecule has 0 bridgehead atoms. The molecule has 3 aromatic rings. The van der Waals surface area contributed by atoms with Crippen molar-refractivity contribution in [3.05, 3.63) is 77.5 Å². The minimum Gasteiger partial charge on any atom is -0.455 e. The molecule has 0 amide bonds. The van der Waals surface area contributed by atoms with Gasteiger partial charge >= 0.3 is 0 Å². The summed E-state index contributed by atoms with van der Waals surface area (Å²) in [5.74, 6) is 1.38. The van der Waals surface area contributed by atoms with E-state index in [4.69, 9.17) is 16.0 Å². The third-order valence-electron chi connectivity index (χ3n) is 2.93. The molecule has 2 aromatic carbocycles. The Kier molecular flexibility index (Phi) is 4.03. The summed E-state index contributed by atoms with van der Waals surface area (Å²) in [7, 11) is 0. The smallest absolute Gasteiger partial charge is 0.147 e. The quantitative estimate of drug-likeness (QED) is 0.540. The Balaban J connectivity index is 1.72. The lowest BCUT2D eigenvalue weighted by Crippen LogP contribution is -1.88. The van der Waals surface area contributed by atoms with Crippen LogP contribution in [0, 0.1) is 0 Å². The predicted octanol–water partition coefficient (Wildman–Crippen LogP) is 5.05. The van der Waals surface area contributed by atoms with Crippen molar-refractivity contribution in [3.8, 4) is 11.3 Å². The number of halogens is 1. The molecule has 104 valence electrons. The fourth-order valence-corrected chi connectivity index (χ4v) is 2.14. The van der Waals surface area contributed by atoms with Gasteiger partial charge in [-0.05, 0) is 36.4 Å². The van der Waals surface area contributed by atoms with E-state index in [-0.39, 0.29) is 0 Å². The maximum Gasteiger partial charge on any atom is 0.147 e.